The van der Waals surface area contributed by atoms with Crippen LogP contribution in [0.3, 0.4) is 0 Å². The lowest BCUT2D eigenvalue weighted by molar-refractivity contribution is 0.0930. The first-order chi connectivity index (χ1) is 7.27. The van der Waals surface area contributed by atoms with Crippen LogP contribution in [0.25, 0.3) is 10.9 Å². The number of alkyl halides is 1. The van der Waals surface area contributed by atoms with Gasteiger partial charge in [-0.25, -0.2) is 4.98 Å². The Labute approximate surface area is 90.6 Å². The molecule has 2 heterocycles. The molecule has 0 spiro atoms. The van der Waals surface area contributed by atoms with E-state index in [1.165, 1.54) is 11.8 Å². The summed E-state index contributed by atoms with van der Waals surface area (Å²) in [5.41, 5.74) is 0.547. The molecule has 0 atom stereocenters. The molecule has 0 bridgehead atoms. The van der Waals surface area contributed by atoms with Crippen molar-refractivity contribution in [3.05, 3.63) is 18.5 Å². The van der Waals surface area contributed by atoms with Crippen LogP contribution in [0, 0.1) is 0 Å². The summed E-state index contributed by atoms with van der Waals surface area (Å²) in [4.78, 5) is 15.4. The molecule has 15 heavy (non-hydrogen) atoms. The number of rotatable bonds is 2. The summed E-state index contributed by atoms with van der Waals surface area (Å²) in [5, 5.41) is 4.73. The Bertz CT molecular complexity index is 509. The highest BCUT2D eigenvalue weighted by Crippen LogP contribution is 2.22. The second kappa shape index (κ2) is 3.86. The average molecular weight is 226 g/mol. The fourth-order valence-corrected chi connectivity index (χ4v) is 1.45. The molecule has 0 amide bonds. The molecule has 6 heteroatoms. The normalized spacial score (nSPS) is 10.5. The number of nitrogens with zero attached hydrogens (tertiary/aromatic N) is 3. The van der Waals surface area contributed by atoms with E-state index < -0.39 is 0 Å². The van der Waals surface area contributed by atoms with Crippen molar-refractivity contribution < 1.29 is 9.53 Å². The molecule has 0 aromatic carbocycles. The van der Waals surface area contributed by atoms with Gasteiger partial charge in [0.05, 0.1) is 13.3 Å². The van der Waals surface area contributed by atoms with Gasteiger partial charge in [-0.15, -0.1) is 11.6 Å². The Morgan fingerprint density at radius 2 is 2.47 bits per heavy atom. The van der Waals surface area contributed by atoms with Crippen LogP contribution < -0.4 is 4.74 Å². The zero-order valence-electron chi connectivity index (χ0n) is 7.98. The van der Waals surface area contributed by atoms with Crippen molar-refractivity contribution in [1.29, 1.82) is 0 Å². The minimum atomic E-state index is -0.307. The predicted molar refractivity (Wildman–Crippen MR) is 55.4 cm³/mol. The third-order valence-corrected chi connectivity index (χ3v) is 2.22. The second-order valence-electron chi connectivity index (χ2n) is 2.84. The van der Waals surface area contributed by atoms with Gasteiger partial charge in [-0.05, 0) is 6.07 Å². The van der Waals surface area contributed by atoms with Crippen molar-refractivity contribution in [1.82, 2.24) is 14.8 Å². The van der Waals surface area contributed by atoms with Crippen molar-refractivity contribution in [2.24, 2.45) is 0 Å². The Morgan fingerprint density at radius 3 is 3.13 bits per heavy atom. The zero-order chi connectivity index (χ0) is 10.8. The van der Waals surface area contributed by atoms with Crippen molar-refractivity contribution in [2.75, 3.05) is 13.0 Å². The van der Waals surface area contributed by atoms with Crippen LogP contribution in [0.1, 0.15) is 4.79 Å². The first kappa shape index (κ1) is 9.92. The molecule has 0 N–H and O–H groups in total. The van der Waals surface area contributed by atoms with Crippen molar-refractivity contribution in [2.45, 2.75) is 0 Å². The maximum absolute atomic E-state index is 11.4. The van der Waals surface area contributed by atoms with Gasteiger partial charge in [0.15, 0.2) is 0 Å². The van der Waals surface area contributed by atoms with Crippen LogP contribution in [0.4, 0.5) is 0 Å². The maximum Gasteiger partial charge on any atom is 0.262 e. The molecule has 0 aliphatic carbocycles. The fraction of sp³-hybridized carbons (Fsp3) is 0.222. The first-order valence-electron chi connectivity index (χ1n) is 4.24. The zero-order valence-corrected chi connectivity index (χ0v) is 8.73. The molecule has 2 aromatic rings. The molecule has 0 aliphatic rings. The van der Waals surface area contributed by atoms with Crippen LogP contribution >= 0.6 is 11.6 Å². The summed E-state index contributed by atoms with van der Waals surface area (Å²) in [5.74, 6) is -0.0732. The molecular weight excluding hydrogens is 218 g/mol. The summed E-state index contributed by atoms with van der Waals surface area (Å²) >= 11 is 5.47. The number of hydrogen-bond acceptors (Lipinski definition) is 4. The van der Waals surface area contributed by atoms with Gasteiger partial charge in [-0.1, -0.05) is 0 Å². The summed E-state index contributed by atoms with van der Waals surface area (Å²) in [6.07, 6.45) is 3.17. The van der Waals surface area contributed by atoms with E-state index in [9.17, 15) is 4.79 Å². The SMILES string of the molecule is COc1nccc2cnn(C(=O)CCl)c12. The van der Waals surface area contributed by atoms with Crippen molar-refractivity contribution in [3.63, 3.8) is 0 Å². The molecule has 5 nitrogen and oxygen atoms in total. The molecule has 0 unspecified atom stereocenters. The van der Waals surface area contributed by atoms with Gasteiger partial charge in [0, 0.05) is 11.6 Å². The molecule has 0 fully saturated rings. The lowest BCUT2D eigenvalue weighted by Gasteiger charge is -2.03. The van der Waals surface area contributed by atoms with Gasteiger partial charge in [0.1, 0.15) is 11.4 Å². The minimum Gasteiger partial charge on any atom is -0.479 e. The number of pyridine rings is 1. The third-order valence-electron chi connectivity index (χ3n) is 1.99. The maximum atomic E-state index is 11.4. The Balaban J connectivity index is 2.71. The van der Waals surface area contributed by atoms with E-state index in [2.05, 4.69) is 10.1 Å². The van der Waals surface area contributed by atoms with Crippen LogP contribution in [-0.4, -0.2) is 33.7 Å². The lowest BCUT2D eigenvalue weighted by atomic mass is 10.3. The number of fused-ring (bicyclic) bond motifs is 1. The fourth-order valence-electron chi connectivity index (χ4n) is 1.34. The number of halogens is 1. The Kier molecular flexibility index (Phi) is 2.55. The lowest BCUT2D eigenvalue weighted by Crippen LogP contribution is -2.13. The minimum absolute atomic E-state index is 0.130. The standard InChI is InChI=1S/C9H8ClN3O2/c1-15-9-8-6(2-3-11-9)5-12-13(8)7(14)4-10/h2-3,5H,4H2,1H3. The molecule has 0 aliphatic heterocycles. The van der Waals surface area contributed by atoms with Gasteiger partial charge in [0.2, 0.25) is 5.88 Å². The van der Waals surface area contributed by atoms with E-state index in [1.54, 1.807) is 18.5 Å². The van der Waals surface area contributed by atoms with Gasteiger partial charge < -0.3 is 4.74 Å². The number of aromatic nitrogens is 3. The molecule has 0 radical (unpaired) electrons. The van der Waals surface area contributed by atoms with E-state index in [1.807, 2.05) is 0 Å². The summed E-state index contributed by atoms with van der Waals surface area (Å²) in [7, 11) is 1.49. The van der Waals surface area contributed by atoms with Gasteiger partial charge in [-0.2, -0.15) is 9.78 Å². The summed E-state index contributed by atoms with van der Waals surface area (Å²) < 4.78 is 6.26. The van der Waals surface area contributed by atoms with Crippen LogP contribution in [0.5, 0.6) is 5.88 Å². The summed E-state index contributed by atoms with van der Waals surface area (Å²) in [6, 6.07) is 1.75. The van der Waals surface area contributed by atoms with E-state index in [-0.39, 0.29) is 11.8 Å². The van der Waals surface area contributed by atoms with E-state index >= 15 is 0 Å². The highest BCUT2D eigenvalue weighted by Gasteiger charge is 2.14. The molecule has 78 valence electrons. The quantitative estimate of drug-likeness (QED) is 0.724. The van der Waals surface area contributed by atoms with Crippen molar-refractivity contribution >= 4 is 28.4 Å². The van der Waals surface area contributed by atoms with Gasteiger partial charge >= 0.3 is 0 Å². The van der Waals surface area contributed by atoms with E-state index in [0.29, 0.717) is 11.4 Å². The number of hydrogen-bond donors (Lipinski definition) is 0. The van der Waals surface area contributed by atoms with Crippen LogP contribution in [-0.2, 0) is 0 Å². The van der Waals surface area contributed by atoms with Crippen molar-refractivity contribution in [3.8, 4) is 5.88 Å². The highest BCUT2D eigenvalue weighted by atomic mass is 35.5. The van der Waals surface area contributed by atoms with Gasteiger partial charge in [0.25, 0.3) is 5.91 Å². The monoisotopic (exact) mass is 225 g/mol. The molecule has 2 aromatic heterocycles. The number of ether oxygens (including phenoxy) is 1. The number of carbonyl (C=O) groups is 1. The highest BCUT2D eigenvalue weighted by molar-refractivity contribution is 6.28. The Morgan fingerprint density at radius 1 is 1.67 bits per heavy atom. The van der Waals surface area contributed by atoms with Crippen LogP contribution in [0.15, 0.2) is 18.5 Å². The second-order valence-corrected chi connectivity index (χ2v) is 3.11. The molecular formula is C9H8ClN3O2. The molecule has 2 rings (SSSR count). The number of methoxy groups -OCH3 is 1. The third kappa shape index (κ3) is 1.55. The average Bonchev–Trinajstić information content (AvgIpc) is 2.71. The molecule has 0 saturated heterocycles. The summed E-state index contributed by atoms with van der Waals surface area (Å²) in [6.45, 7) is 0. The van der Waals surface area contributed by atoms with E-state index in [4.69, 9.17) is 16.3 Å². The van der Waals surface area contributed by atoms with Crippen LogP contribution in [0.2, 0.25) is 0 Å². The topological polar surface area (TPSA) is 57.0 Å². The Hall–Kier alpha value is -1.62. The van der Waals surface area contributed by atoms with Gasteiger partial charge in [-0.3, -0.25) is 4.79 Å². The molecule has 0 saturated carbocycles. The largest absolute Gasteiger partial charge is 0.479 e. The smallest absolute Gasteiger partial charge is 0.262 e. The first-order valence-corrected chi connectivity index (χ1v) is 4.77. The van der Waals surface area contributed by atoms with E-state index in [0.717, 1.165) is 5.39 Å². The number of carbonyl (C=O) groups excluding carboxylic acids is 1. The predicted octanol–water partition coefficient (Wildman–Crippen LogP) is 1.32.